The molecule has 4 heterocycles. The van der Waals surface area contributed by atoms with Crippen LogP contribution < -0.4 is 31.0 Å². The van der Waals surface area contributed by atoms with Crippen LogP contribution in [-0.4, -0.2) is 98.7 Å². The summed E-state index contributed by atoms with van der Waals surface area (Å²) in [6.07, 6.45) is -3.36. The quantitative estimate of drug-likeness (QED) is 0.0620. The molecule has 2 aliphatic heterocycles. The van der Waals surface area contributed by atoms with E-state index in [0.717, 1.165) is 17.7 Å². The van der Waals surface area contributed by atoms with Gasteiger partial charge in [-0.15, -0.1) is 0 Å². The van der Waals surface area contributed by atoms with Crippen LogP contribution in [0.1, 0.15) is 66.7 Å². The van der Waals surface area contributed by atoms with Crippen molar-refractivity contribution in [2.24, 2.45) is 11.8 Å². The summed E-state index contributed by atoms with van der Waals surface area (Å²) in [5, 5.41) is 26.9. The Hall–Kier alpha value is -6.90. The van der Waals surface area contributed by atoms with E-state index < -0.39 is 74.4 Å². The molecule has 0 saturated carbocycles. The van der Waals surface area contributed by atoms with Gasteiger partial charge in [0.05, 0.1) is 41.4 Å². The predicted octanol–water partition coefficient (Wildman–Crippen LogP) is 6.21. The Morgan fingerprint density at radius 2 is 1.39 bits per heavy atom. The number of Topliss-reactive ketones (excluding diaryl/α,β-unsaturated/α-hetero) is 1. The van der Waals surface area contributed by atoms with Crippen molar-refractivity contribution in [1.29, 1.82) is 0 Å². The summed E-state index contributed by atoms with van der Waals surface area (Å²) in [4.78, 5) is 64.6. The number of nitrogens with one attached hydrogen (secondary N) is 2. The van der Waals surface area contributed by atoms with Gasteiger partial charge >= 0.3 is 6.09 Å². The summed E-state index contributed by atoms with van der Waals surface area (Å²) in [5.74, 6) is -1.66. The van der Waals surface area contributed by atoms with E-state index in [1.807, 2.05) is 44.2 Å². The molecule has 19 heteroatoms. The van der Waals surface area contributed by atoms with Gasteiger partial charge in [-0.2, -0.15) is 0 Å². The molecule has 2 unspecified atom stereocenters. The molecule has 374 valence electrons. The summed E-state index contributed by atoms with van der Waals surface area (Å²) in [6.45, 7) is 5.06. The molecular formula is C52H54N2O16S. The van der Waals surface area contributed by atoms with E-state index in [-0.39, 0.29) is 106 Å². The molecule has 7 atom stereocenters. The normalized spacial score (nSPS) is 18.4. The highest BCUT2D eigenvalue weighted by molar-refractivity contribution is 7.92. The number of hydrogen-bond donors (Lipinski definition) is 4. The van der Waals surface area contributed by atoms with Crippen molar-refractivity contribution >= 4 is 55.2 Å². The molecule has 6 aromatic rings. The Morgan fingerprint density at radius 1 is 0.775 bits per heavy atom. The fourth-order valence-electron chi connectivity index (χ4n) is 8.75. The molecule has 2 fully saturated rings. The van der Waals surface area contributed by atoms with E-state index in [2.05, 4.69) is 10.6 Å². The Morgan fingerprint density at radius 3 is 2.01 bits per heavy atom. The fourth-order valence-corrected chi connectivity index (χ4v) is 10.7. The zero-order chi connectivity index (χ0) is 50.4. The number of aliphatic hydroxyl groups is 2. The van der Waals surface area contributed by atoms with E-state index in [9.17, 15) is 42.6 Å². The van der Waals surface area contributed by atoms with Crippen molar-refractivity contribution in [3.63, 3.8) is 0 Å². The number of rotatable bonds is 20. The van der Waals surface area contributed by atoms with Crippen LogP contribution in [0, 0.1) is 11.8 Å². The number of fused-ring (bicyclic) bond motifs is 3. The van der Waals surface area contributed by atoms with Crippen LogP contribution in [0.2, 0.25) is 0 Å². The molecule has 4 N–H and O–H groups in total. The van der Waals surface area contributed by atoms with Gasteiger partial charge in [0, 0.05) is 24.7 Å². The molecule has 18 nitrogen and oxygen atoms in total. The molecule has 0 spiro atoms. The third kappa shape index (κ3) is 12.0. The molecule has 2 amide bonds. The van der Waals surface area contributed by atoms with E-state index in [4.69, 9.17) is 32.5 Å². The molecule has 2 aromatic heterocycles. The summed E-state index contributed by atoms with van der Waals surface area (Å²) in [6, 6.07) is 24.9. The van der Waals surface area contributed by atoms with Crippen LogP contribution in [0.25, 0.3) is 21.9 Å². The lowest BCUT2D eigenvalue weighted by molar-refractivity contribution is -0.0907. The molecule has 4 aromatic carbocycles. The maximum absolute atomic E-state index is 14.3. The summed E-state index contributed by atoms with van der Waals surface area (Å²) in [7, 11) is -4.09. The smallest absolute Gasteiger partial charge is 0.407 e. The Bertz CT molecular complexity index is 3120. The van der Waals surface area contributed by atoms with E-state index in [1.54, 1.807) is 6.07 Å². The molecule has 8 rings (SSSR count). The number of amides is 2. The maximum Gasteiger partial charge on any atom is 0.407 e. The monoisotopic (exact) mass is 994 g/mol. The number of ketones is 1. The van der Waals surface area contributed by atoms with Crippen molar-refractivity contribution < 1.29 is 65.5 Å². The SMILES string of the molecule is CC(=O)c1cc(=O)c2c(OCC(O)COc3cccc4oc(C(=O)Nc5ccc(S(=O)(=O)C(CC(C)C)C[C@@H](O)[C@H](Cc6ccccc6)NC(=O)O[C@H]6CO[C@H]7OCC[C@H]76)cc5)cc(=O)c34)cccc2o1. The Kier molecular flexibility index (Phi) is 15.7. The Balaban J connectivity index is 0.903. The van der Waals surface area contributed by atoms with Crippen LogP contribution in [0.4, 0.5) is 10.5 Å². The van der Waals surface area contributed by atoms with Gasteiger partial charge in [-0.25, -0.2) is 13.2 Å². The van der Waals surface area contributed by atoms with Crippen molar-refractivity contribution in [3.8, 4) is 11.5 Å². The van der Waals surface area contributed by atoms with Crippen molar-refractivity contribution in [1.82, 2.24) is 5.32 Å². The zero-order valence-corrected chi connectivity index (χ0v) is 39.9. The van der Waals surface area contributed by atoms with Gasteiger partial charge in [0.2, 0.25) is 0 Å². The number of aliphatic hydroxyl groups excluding tert-OH is 2. The Labute approximate surface area is 407 Å². The number of hydrogen-bond acceptors (Lipinski definition) is 16. The molecule has 71 heavy (non-hydrogen) atoms. The number of alkyl carbamates (subject to hydrolysis) is 1. The third-order valence-electron chi connectivity index (χ3n) is 12.3. The first-order chi connectivity index (χ1) is 34.0. The molecule has 0 radical (unpaired) electrons. The zero-order valence-electron chi connectivity index (χ0n) is 39.1. The average Bonchev–Trinajstić information content (AvgIpc) is 3.97. The van der Waals surface area contributed by atoms with Crippen LogP contribution >= 0.6 is 0 Å². The number of anilines is 1. The van der Waals surface area contributed by atoms with Crippen LogP contribution in [0.3, 0.4) is 0 Å². The number of carbonyl (C=O) groups is 3. The van der Waals surface area contributed by atoms with Gasteiger partial charge in [-0.1, -0.05) is 56.3 Å². The molecule has 0 bridgehead atoms. The van der Waals surface area contributed by atoms with Gasteiger partial charge < -0.3 is 53.4 Å². The van der Waals surface area contributed by atoms with Crippen molar-refractivity contribution in [3.05, 3.63) is 141 Å². The standard InChI is InChI=1S/C52H54N2O16S/c1-29(2)21-35(23-38(57)37(22-31-9-5-4-6-10-31)54-52(61)70-47-28-67-51-36(47)19-20-64-51)71(62,63)34-17-15-32(16-18-34)53-50(60)46-25-40(59)49-42(12-8-14-44(49)69-46)66-27-33(56)26-65-41-11-7-13-43-48(41)39(58)24-45(68-43)30(3)55/h4-18,24-25,29,33,35-38,47,51,56-57H,19-23,26-28H2,1-3H3,(H,53,60)(H,54,61)/t33?,35?,36-,37-,38+,47-,51+/m0/s1. The van der Waals surface area contributed by atoms with Gasteiger partial charge in [-0.05, 0) is 85.7 Å². The second kappa shape index (κ2) is 22.0. The van der Waals surface area contributed by atoms with Crippen LogP contribution in [-0.2, 0) is 30.5 Å². The fraction of sp³-hybridized carbons (Fsp3) is 0.365. The minimum atomic E-state index is -4.09. The molecule has 2 aliphatic rings. The van der Waals surface area contributed by atoms with Gasteiger partial charge in [0.25, 0.3) is 5.91 Å². The molecule has 2 saturated heterocycles. The van der Waals surface area contributed by atoms with Gasteiger partial charge in [0.15, 0.2) is 44.3 Å². The minimum Gasteiger partial charge on any atom is -0.490 e. The van der Waals surface area contributed by atoms with E-state index in [0.29, 0.717) is 13.0 Å². The molecular weight excluding hydrogens is 941 g/mol. The topological polar surface area (TPSA) is 256 Å². The minimum absolute atomic E-state index is 0.000408. The second-order valence-corrected chi connectivity index (χ2v) is 20.3. The first kappa shape index (κ1) is 50.5. The lowest BCUT2D eigenvalue weighted by Crippen LogP contribution is -2.48. The number of ether oxygens (including phenoxy) is 5. The highest BCUT2D eigenvalue weighted by atomic mass is 32.2. The predicted molar refractivity (Wildman–Crippen MR) is 259 cm³/mol. The maximum atomic E-state index is 14.3. The first-order valence-corrected chi connectivity index (χ1v) is 24.7. The lowest BCUT2D eigenvalue weighted by Gasteiger charge is -2.29. The average molecular weight is 995 g/mol. The van der Waals surface area contributed by atoms with E-state index >= 15 is 0 Å². The van der Waals surface area contributed by atoms with Crippen molar-refractivity contribution in [2.45, 2.75) is 87.2 Å². The second-order valence-electron chi connectivity index (χ2n) is 18.0. The summed E-state index contributed by atoms with van der Waals surface area (Å²) >= 11 is 0. The van der Waals surface area contributed by atoms with Gasteiger partial charge in [0.1, 0.15) is 58.9 Å². The third-order valence-corrected chi connectivity index (χ3v) is 14.5. The summed E-state index contributed by atoms with van der Waals surface area (Å²) < 4.78 is 68.3. The first-order valence-electron chi connectivity index (χ1n) is 23.2. The summed E-state index contributed by atoms with van der Waals surface area (Å²) in [5.41, 5.74) is 0.0465. The van der Waals surface area contributed by atoms with Gasteiger partial charge in [-0.3, -0.25) is 19.2 Å². The van der Waals surface area contributed by atoms with Crippen LogP contribution in [0.5, 0.6) is 11.5 Å². The number of sulfone groups is 1. The van der Waals surface area contributed by atoms with E-state index in [1.165, 1.54) is 61.5 Å². The van der Waals surface area contributed by atoms with Crippen LogP contribution in [0.15, 0.2) is 126 Å². The number of carbonyl (C=O) groups excluding carboxylic acids is 3. The molecule has 0 aliphatic carbocycles. The lowest BCUT2D eigenvalue weighted by atomic mass is 9.95. The number of benzene rings is 4. The highest BCUT2D eigenvalue weighted by Gasteiger charge is 2.44. The highest BCUT2D eigenvalue weighted by Crippen LogP contribution is 2.34. The van der Waals surface area contributed by atoms with Crippen molar-refractivity contribution in [2.75, 3.05) is 31.7 Å². The largest absolute Gasteiger partial charge is 0.490 e.